The van der Waals surface area contributed by atoms with E-state index < -0.39 is 0 Å². The predicted octanol–water partition coefficient (Wildman–Crippen LogP) is 3.95. The zero-order valence-corrected chi connectivity index (χ0v) is 17.0. The van der Waals surface area contributed by atoms with Gasteiger partial charge >= 0.3 is 0 Å². The van der Waals surface area contributed by atoms with Crippen LogP contribution in [0.4, 0.5) is 0 Å². The van der Waals surface area contributed by atoms with E-state index in [1.165, 1.54) is 19.3 Å². The fourth-order valence-electron chi connectivity index (χ4n) is 3.86. The maximum absolute atomic E-state index is 13.3. The highest BCUT2D eigenvalue weighted by Gasteiger charge is 2.25. The second kappa shape index (κ2) is 8.55. The summed E-state index contributed by atoms with van der Waals surface area (Å²) < 4.78 is 10.8. The smallest absolute Gasteiger partial charge is 0.227 e. The summed E-state index contributed by atoms with van der Waals surface area (Å²) in [6.45, 7) is 1.32. The number of aromatic amines is 1. The van der Waals surface area contributed by atoms with Gasteiger partial charge in [-0.15, -0.1) is 0 Å². The third-order valence-electron chi connectivity index (χ3n) is 5.79. The van der Waals surface area contributed by atoms with Crippen molar-refractivity contribution in [2.24, 2.45) is 5.92 Å². The number of nitrogens with zero attached hydrogens (tertiary/aromatic N) is 2. The molecule has 4 rings (SSSR count). The third-order valence-corrected chi connectivity index (χ3v) is 5.79. The van der Waals surface area contributed by atoms with Gasteiger partial charge in [0.05, 0.1) is 20.6 Å². The number of hydrogen-bond acceptors (Lipinski definition) is 4. The fourth-order valence-corrected chi connectivity index (χ4v) is 3.86. The Morgan fingerprint density at radius 2 is 2.07 bits per heavy atom. The molecule has 1 saturated carbocycles. The van der Waals surface area contributed by atoms with E-state index in [0.29, 0.717) is 18.9 Å². The molecule has 0 saturated heterocycles. The van der Waals surface area contributed by atoms with Gasteiger partial charge in [0.15, 0.2) is 0 Å². The average Bonchev–Trinajstić information content (AvgIpc) is 3.12. The number of H-pyrrole nitrogens is 1. The first-order valence-corrected chi connectivity index (χ1v) is 10.1. The number of fused-ring (bicyclic) bond motifs is 1. The van der Waals surface area contributed by atoms with Crippen LogP contribution in [0.2, 0.25) is 0 Å². The molecule has 6 heteroatoms. The molecule has 2 aromatic heterocycles. The van der Waals surface area contributed by atoms with Gasteiger partial charge in [-0.3, -0.25) is 4.79 Å². The summed E-state index contributed by atoms with van der Waals surface area (Å²) in [5.41, 5.74) is 2.79. The van der Waals surface area contributed by atoms with Crippen molar-refractivity contribution in [3.63, 3.8) is 0 Å². The lowest BCUT2D eigenvalue weighted by Gasteiger charge is -2.33. The van der Waals surface area contributed by atoms with E-state index >= 15 is 0 Å². The Labute approximate surface area is 170 Å². The Hall–Kier alpha value is -3.02. The summed E-state index contributed by atoms with van der Waals surface area (Å²) >= 11 is 0. The summed E-state index contributed by atoms with van der Waals surface area (Å²) in [7, 11) is 3.28. The molecule has 0 unspecified atom stereocenters. The standard InChI is InChI=1S/C23H27N3O3/c1-28-19-9-8-17(21(12-19)29-2)15-26(14-16-5-3-6-16)22(27)11-18-13-25-23-20(18)7-4-10-24-23/h4,7-10,12-13,16H,3,5-6,11,14-15H2,1-2H3,(H,24,25). The number of ether oxygens (including phenoxy) is 2. The number of aromatic nitrogens is 2. The summed E-state index contributed by atoms with van der Waals surface area (Å²) in [6, 6.07) is 9.67. The van der Waals surface area contributed by atoms with Gasteiger partial charge in [-0.1, -0.05) is 6.42 Å². The molecule has 6 nitrogen and oxygen atoms in total. The first kappa shape index (κ1) is 19.3. The van der Waals surface area contributed by atoms with Crippen LogP contribution in [0.1, 0.15) is 30.4 Å². The van der Waals surface area contributed by atoms with E-state index in [0.717, 1.165) is 40.2 Å². The highest BCUT2D eigenvalue weighted by atomic mass is 16.5. The lowest BCUT2D eigenvalue weighted by molar-refractivity contribution is -0.132. The molecule has 2 heterocycles. The van der Waals surface area contributed by atoms with Gasteiger partial charge in [0, 0.05) is 42.5 Å². The first-order chi connectivity index (χ1) is 14.2. The van der Waals surface area contributed by atoms with Crippen molar-refractivity contribution < 1.29 is 14.3 Å². The summed E-state index contributed by atoms with van der Waals surface area (Å²) in [5.74, 6) is 2.20. The molecule has 1 aliphatic carbocycles. The van der Waals surface area contributed by atoms with Crippen LogP contribution in [0.5, 0.6) is 11.5 Å². The minimum absolute atomic E-state index is 0.125. The molecule has 1 fully saturated rings. The van der Waals surface area contributed by atoms with Gasteiger partial charge in [-0.25, -0.2) is 4.98 Å². The molecular weight excluding hydrogens is 366 g/mol. The van der Waals surface area contributed by atoms with Crippen molar-refractivity contribution in [2.75, 3.05) is 20.8 Å². The van der Waals surface area contributed by atoms with Gasteiger partial charge in [-0.2, -0.15) is 0 Å². The van der Waals surface area contributed by atoms with Crippen LogP contribution in [0, 0.1) is 5.92 Å². The molecule has 3 aromatic rings. The minimum Gasteiger partial charge on any atom is -0.497 e. The van der Waals surface area contributed by atoms with Gasteiger partial charge < -0.3 is 19.4 Å². The van der Waals surface area contributed by atoms with Crippen LogP contribution in [0.15, 0.2) is 42.7 Å². The van der Waals surface area contributed by atoms with Crippen LogP contribution in [0.25, 0.3) is 11.0 Å². The molecule has 1 N–H and O–H groups in total. The molecule has 0 spiro atoms. The number of carbonyl (C=O) groups excluding carboxylic acids is 1. The summed E-state index contributed by atoms with van der Waals surface area (Å²) in [4.78, 5) is 22.7. The molecule has 29 heavy (non-hydrogen) atoms. The average molecular weight is 393 g/mol. The number of benzene rings is 1. The number of methoxy groups -OCH3 is 2. The van der Waals surface area contributed by atoms with E-state index in [1.807, 2.05) is 41.4 Å². The van der Waals surface area contributed by atoms with Crippen LogP contribution in [-0.4, -0.2) is 41.5 Å². The SMILES string of the molecule is COc1ccc(CN(CC2CCC2)C(=O)Cc2c[nH]c3ncccc23)c(OC)c1. The van der Waals surface area contributed by atoms with E-state index in [1.54, 1.807) is 20.4 Å². The van der Waals surface area contributed by atoms with Crippen LogP contribution in [-0.2, 0) is 17.8 Å². The number of rotatable bonds is 8. The molecule has 0 radical (unpaired) electrons. The molecule has 0 bridgehead atoms. The third kappa shape index (κ3) is 4.21. The Balaban J connectivity index is 1.55. The van der Waals surface area contributed by atoms with Crippen LogP contribution < -0.4 is 9.47 Å². The molecule has 1 amide bonds. The molecular formula is C23H27N3O3. The molecule has 0 atom stereocenters. The largest absolute Gasteiger partial charge is 0.497 e. The van der Waals surface area contributed by atoms with E-state index in [2.05, 4.69) is 9.97 Å². The van der Waals surface area contributed by atoms with Gasteiger partial charge in [0.2, 0.25) is 5.91 Å². The predicted molar refractivity (Wildman–Crippen MR) is 112 cm³/mol. The van der Waals surface area contributed by atoms with Gasteiger partial charge in [-0.05, 0) is 48.6 Å². The summed E-state index contributed by atoms with van der Waals surface area (Å²) in [6.07, 6.45) is 7.65. The second-order valence-corrected chi connectivity index (χ2v) is 7.64. The maximum Gasteiger partial charge on any atom is 0.227 e. The summed E-state index contributed by atoms with van der Waals surface area (Å²) in [5, 5.41) is 1.01. The number of carbonyl (C=O) groups is 1. The van der Waals surface area contributed by atoms with Crippen molar-refractivity contribution in [1.29, 1.82) is 0 Å². The van der Waals surface area contributed by atoms with Gasteiger partial charge in [0.25, 0.3) is 0 Å². The highest BCUT2D eigenvalue weighted by molar-refractivity contribution is 5.87. The van der Waals surface area contributed by atoms with Crippen LogP contribution >= 0.6 is 0 Å². The molecule has 152 valence electrons. The Morgan fingerprint density at radius 1 is 1.21 bits per heavy atom. The van der Waals surface area contributed by atoms with Crippen molar-refractivity contribution in [3.05, 3.63) is 53.9 Å². The van der Waals surface area contributed by atoms with E-state index in [9.17, 15) is 4.79 Å². The van der Waals surface area contributed by atoms with E-state index in [-0.39, 0.29) is 5.91 Å². The Morgan fingerprint density at radius 3 is 2.79 bits per heavy atom. The maximum atomic E-state index is 13.3. The monoisotopic (exact) mass is 393 g/mol. The van der Waals surface area contributed by atoms with Crippen LogP contribution in [0.3, 0.4) is 0 Å². The topological polar surface area (TPSA) is 67.5 Å². The fraction of sp³-hybridized carbons (Fsp3) is 0.391. The number of amides is 1. The lowest BCUT2D eigenvalue weighted by Crippen LogP contribution is -2.38. The quantitative estimate of drug-likeness (QED) is 0.629. The van der Waals surface area contributed by atoms with Crippen molar-refractivity contribution >= 4 is 16.9 Å². The number of nitrogens with one attached hydrogen (secondary N) is 1. The second-order valence-electron chi connectivity index (χ2n) is 7.64. The zero-order valence-electron chi connectivity index (χ0n) is 17.0. The Kier molecular flexibility index (Phi) is 5.69. The van der Waals surface area contributed by atoms with Crippen molar-refractivity contribution in [2.45, 2.75) is 32.2 Å². The lowest BCUT2D eigenvalue weighted by atomic mass is 9.85. The van der Waals surface area contributed by atoms with E-state index in [4.69, 9.17) is 9.47 Å². The zero-order chi connectivity index (χ0) is 20.2. The first-order valence-electron chi connectivity index (χ1n) is 10.1. The molecule has 0 aliphatic heterocycles. The molecule has 1 aliphatic rings. The minimum atomic E-state index is 0.125. The Bertz CT molecular complexity index is 994. The van der Waals surface area contributed by atoms with Crippen molar-refractivity contribution in [3.8, 4) is 11.5 Å². The highest BCUT2D eigenvalue weighted by Crippen LogP contribution is 2.30. The number of hydrogen-bond donors (Lipinski definition) is 1. The van der Waals surface area contributed by atoms with Crippen molar-refractivity contribution in [1.82, 2.24) is 14.9 Å². The normalized spacial score (nSPS) is 13.9. The molecule has 1 aromatic carbocycles. The number of pyridine rings is 1. The van der Waals surface area contributed by atoms with Gasteiger partial charge in [0.1, 0.15) is 17.1 Å².